The maximum absolute atomic E-state index is 12.3. The van der Waals surface area contributed by atoms with Crippen molar-refractivity contribution < 1.29 is 14.3 Å². The molecular weight excluding hydrogens is 398 g/mol. The van der Waals surface area contributed by atoms with Gasteiger partial charge in [0.05, 0.1) is 11.6 Å². The van der Waals surface area contributed by atoms with E-state index in [0.29, 0.717) is 24.6 Å². The van der Waals surface area contributed by atoms with E-state index in [1.165, 1.54) is 0 Å². The van der Waals surface area contributed by atoms with Crippen molar-refractivity contribution in [2.45, 2.75) is 40.5 Å². The summed E-state index contributed by atoms with van der Waals surface area (Å²) in [5.74, 6) is 2.03. The van der Waals surface area contributed by atoms with Crippen molar-refractivity contribution in [3.63, 3.8) is 0 Å². The van der Waals surface area contributed by atoms with Gasteiger partial charge in [-0.05, 0) is 66.3 Å². The van der Waals surface area contributed by atoms with Gasteiger partial charge in [-0.15, -0.1) is 0 Å². The lowest BCUT2D eigenvalue weighted by atomic mass is 9.92. The van der Waals surface area contributed by atoms with Crippen LogP contribution in [0.25, 0.3) is 11.1 Å². The molecule has 4 heteroatoms. The maximum Gasteiger partial charge on any atom is 0.231 e. The molecule has 0 saturated heterocycles. The van der Waals surface area contributed by atoms with Gasteiger partial charge in [0.25, 0.3) is 0 Å². The van der Waals surface area contributed by atoms with Crippen LogP contribution in [0.5, 0.6) is 11.5 Å². The van der Waals surface area contributed by atoms with E-state index in [1.54, 1.807) is 6.07 Å². The molecule has 4 nitrogen and oxygen atoms in total. The zero-order valence-electron chi connectivity index (χ0n) is 17.9. The summed E-state index contributed by atoms with van der Waals surface area (Å²) in [6.45, 7) is 4.47. The van der Waals surface area contributed by atoms with Crippen LogP contribution in [0.15, 0.2) is 66.7 Å². The first kappa shape index (κ1) is 23.1. The lowest BCUT2D eigenvalue weighted by molar-refractivity contribution is -0.122. The van der Waals surface area contributed by atoms with Crippen LogP contribution in [0.1, 0.15) is 43.9 Å². The van der Waals surface area contributed by atoms with Gasteiger partial charge in [-0.2, -0.15) is 5.26 Å². The number of ether oxygens (including phenoxy) is 2. The van der Waals surface area contributed by atoms with E-state index in [1.807, 2.05) is 48.5 Å². The highest BCUT2D eigenvalue weighted by atomic mass is 16.7. The predicted octanol–water partition coefficient (Wildman–Crippen LogP) is 6.50. The summed E-state index contributed by atoms with van der Waals surface area (Å²) >= 11 is 0. The molecule has 1 heterocycles. The van der Waals surface area contributed by atoms with Crippen LogP contribution in [0.4, 0.5) is 0 Å². The second kappa shape index (κ2) is 9.70. The SMILES string of the molecule is C.Cc1ccc(CC(=O)C2(C)CC2)cc1-c1cccc(C#N)c1.c1ccc2c(c1)OCO2. The third-order valence-corrected chi connectivity index (χ3v) is 5.92. The number of benzene rings is 3. The molecule has 0 spiro atoms. The van der Waals surface area contributed by atoms with Crippen LogP contribution in [-0.2, 0) is 11.2 Å². The minimum Gasteiger partial charge on any atom is -0.454 e. The zero-order valence-corrected chi connectivity index (χ0v) is 17.9. The Kier molecular flexibility index (Phi) is 7.00. The van der Waals surface area contributed by atoms with E-state index in [2.05, 4.69) is 32.0 Å². The van der Waals surface area contributed by atoms with E-state index in [0.717, 1.165) is 46.6 Å². The van der Waals surface area contributed by atoms with E-state index in [9.17, 15) is 4.79 Å². The van der Waals surface area contributed by atoms with Crippen LogP contribution in [-0.4, -0.2) is 12.6 Å². The van der Waals surface area contributed by atoms with Gasteiger partial charge in [-0.25, -0.2) is 0 Å². The maximum atomic E-state index is 12.3. The second-order valence-electron chi connectivity index (χ2n) is 8.36. The number of carbonyl (C=O) groups is 1. The molecule has 0 aromatic heterocycles. The van der Waals surface area contributed by atoms with Gasteiger partial charge in [0.1, 0.15) is 5.78 Å². The Bertz CT molecular complexity index is 1130. The first-order valence-electron chi connectivity index (χ1n) is 10.5. The van der Waals surface area contributed by atoms with Gasteiger partial charge in [-0.1, -0.05) is 56.8 Å². The third kappa shape index (κ3) is 5.18. The molecular formula is C28H29NO3. The fourth-order valence-electron chi connectivity index (χ4n) is 3.56. The van der Waals surface area contributed by atoms with Crippen molar-refractivity contribution in [3.05, 3.63) is 83.4 Å². The molecule has 0 atom stereocenters. The highest BCUT2D eigenvalue weighted by Crippen LogP contribution is 2.46. The lowest BCUT2D eigenvalue weighted by Gasteiger charge is -2.11. The van der Waals surface area contributed by atoms with Crippen molar-refractivity contribution in [3.8, 4) is 28.7 Å². The number of fused-ring (bicyclic) bond motifs is 1. The smallest absolute Gasteiger partial charge is 0.231 e. The number of hydrogen-bond acceptors (Lipinski definition) is 4. The molecule has 1 aliphatic heterocycles. The molecule has 0 bridgehead atoms. The van der Waals surface area contributed by atoms with Gasteiger partial charge < -0.3 is 9.47 Å². The number of hydrogen-bond donors (Lipinski definition) is 0. The number of nitriles is 1. The van der Waals surface area contributed by atoms with Gasteiger partial charge in [0.15, 0.2) is 11.5 Å². The van der Waals surface area contributed by atoms with Crippen molar-refractivity contribution in [1.29, 1.82) is 5.26 Å². The Hall–Kier alpha value is -3.58. The predicted molar refractivity (Wildman–Crippen MR) is 127 cm³/mol. The first-order chi connectivity index (χ1) is 15.0. The Labute approximate surface area is 190 Å². The molecule has 0 amide bonds. The minimum atomic E-state index is -0.0776. The summed E-state index contributed by atoms with van der Waals surface area (Å²) in [6.07, 6.45) is 2.55. The summed E-state index contributed by atoms with van der Waals surface area (Å²) < 4.78 is 10.2. The number of ketones is 1. The molecule has 1 saturated carbocycles. The molecule has 0 N–H and O–H groups in total. The van der Waals surface area contributed by atoms with Crippen LogP contribution in [0, 0.1) is 23.7 Å². The molecule has 3 aromatic carbocycles. The summed E-state index contributed by atoms with van der Waals surface area (Å²) in [5.41, 5.74) is 4.92. The number of aryl methyl sites for hydroxylation is 1. The number of rotatable bonds is 4. The standard InChI is InChI=1S/C20H19NO.C7H6O2.CH4/c1-14-6-7-15(12-19(22)20(2)8-9-20)11-18(14)17-5-3-4-16(10-17)13-21;1-2-4-7-6(3-1)8-5-9-7;/h3-7,10-11H,8-9,12H2,1-2H3;1-4H,5H2;1H4. The Morgan fingerprint density at radius 1 is 1.00 bits per heavy atom. The van der Waals surface area contributed by atoms with Gasteiger partial charge in [-0.3, -0.25) is 4.79 Å². The van der Waals surface area contributed by atoms with Crippen LogP contribution < -0.4 is 9.47 Å². The molecule has 1 aliphatic carbocycles. The highest BCUT2D eigenvalue weighted by Gasteiger charge is 2.43. The molecule has 2 aliphatic rings. The third-order valence-electron chi connectivity index (χ3n) is 5.92. The van der Waals surface area contributed by atoms with Crippen molar-refractivity contribution in [2.24, 2.45) is 5.41 Å². The van der Waals surface area contributed by atoms with E-state index in [-0.39, 0.29) is 12.8 Å². The van der Waals surface area contributed by atoms with Crippen LogP contribution in [0.3, 0.4) is 0 Å². The van der Waals surface area contributed by atoms with Crippen LogP contribution in [0.2, 0.25) is 0 Å². The quantitative estimate of drug-likeness (QED) is 0.477. The topological polar surface area (TPSA) is 59.3 Å². The molecule has 3 aromatic rings. The molecule has 164 valence electrons. The van der Waals surface area contributed by atoms with Gasteiger partial charge in [0, 0.05) is 11.8 Å². The van der Waals surface area contributed by atoms with E-state index in [4.69, 9.17) is 14.7 Å². The summed E-state index contributed by atoms with van der Waals surface area (Å²) in [4.78, 5) is 12.3. The normalized spacial score (nSPS) is 14.3. The average Bonchev–Trinajstić information content (AvgIpc) is 3.37. The van der Waals surface area contributed by atoms with Gasteiger partial charge >= 0.3 is 0 Å². The summed E-state index contributed by atoms with van der Waals surface area (Å²) in [7, 11) is 0. The summed E-state index contributed by atoms with van der Waals surface area (Å²) in [5, 5.41) is 9.05. The van der Waals surface area contributed by atoms with Crippen LogP contribution >= 0.6 is 0 Å². The fourth-order valence-corrected chi connectivity index (χ4v) is 3.56. The Morgan fingerprint density at radius 3 is 2.31 bits per heavy atom. The zero-order chi connectivity index (χ0) is 21.8. The lowest BCUT2D eigenvalue weighted by Crippen LogP contribution is -2.14. The highest BCUT2D eigenvalue weighted by molar-refractivity contribution is 5.89. The van der Waals surface area contributed by atoms with Crippen molar-refractivity contribution in [1.82, 2.24) is 0 Å². The molecule has 32 heavy (non-hydrogen) atoms. The van der Waals surface area contributed by atoms with Crippen molar-refractivity contribution >= 4 is 5.78 Å². The molecule has 1 fully saturated rings. The number of nitrogens with zero attached hydrogens (tertiary/aromatic N) is 1. The number of Topliss-reactive ketones (excluding diaryl/α,β-unsaturated/α-hetero) is 1. The van der Waals surface area contributed by atoms with E-state index >= 15 is 0 Å². The summed E-state index contributed by atoms with van der Waals surface area (Å²) in [6, 6.07) is 23.6. The number of carbonyl (C=O) groups excluding carboxylic acids is 1. The van der Waals surface area contributed by atoms with Crippen molar-refractivity contribution in [2.75, 3.05) is 6.79 Å². The molecule has 5 rings (SSSR count). The largest absolute Gasteiger partial charge is 0.454 e. The Morgan fingerprint density at radius 2 is 1.69 bits per heavy atom. The van der Waals surface area contributed by atoms with Gasteiger partial charge in [0.2, 0.25) is 6.79 Å². The first-order valence-corrected chi connectivity index (χ1v) is 10.5. The monoisotopic (exact) mass is 427 g/mol. The fraction of sp³-hybridized carbons (Fsp3) is 0.286. The van der Waals surface area contributed by atoms with E-state index < -0.39 is 0 Å². The second-order valence-corrected chi connectivity index (χ2v) is 8.36. The molecule has 0 unspecified atom stereocenters. The Balaban J connectivity index is 0.000000241. The number of para-hydroxylation sites is 2. The molecule has 0 radical (unpaired) electrons. The minimum absolute atomic E-state index is 0. The average molecular weight is 428 g/mol.